The standard InChI is InChI=1S/C23H27F2N5O2/c1-3-26-23(28-15-21(31)17-8-10-19(11-9-17)32-22(24)25)27-14-18-6-4-5-7-20(18)30-13-12-16(2)29-30/h4-13,21-22,31H,3,14-15H2,1-2H3,(H2,26,27,28). The average molecular weight is 443 g/mol. The largest absolute Gasteiger partial charge is 0.435 e. The third-order valence-corrected chi connectivity index (χ3v) is 4.67. The zero-order chi connectivity index (χ0) is 22.9. The van der Waals surface area contributed by atoms with Gasteiger partial charge in [-0.05, 0) is 49.2 Å². The molecule has 0 fully saturated rings. The number of aromatic nitrogens is 2. The Balaban J connectivity index is 1.64. The Hall–Kier alpha value is -3.46. The van der Waals surface area contributed by atoms with Gasteiger partial charge in [-0.3, -0.25) is 0 Å². The molecule has 3 aromatic rings. The Kier molecular flexibility index (Phi) is 8.15. The number of nitrogens with zero attached hydrogens (tertiary/aromatic N) is 3. The number of aliphatic imine (C=N–C) groups is 1. The number of hydrogen-bond acceptors (Lipinski definition) is 4. The Morgan fingerprint density at radius 1 is 1.12 bits per heavy atom. The van der Waals surface area contributed by atoms with Gasteiger partial charge in [0.15, 0.2) is 5.96 Å². The van der Waals surface area contributed by atoms with Crippen LogP contribution in [-0.4, -0.2) is 40.5 Å². The van der Waals surface area contributed by atoms with E-state index in [1.54, 1.807) is 12.1 Å². The summed E-state index contributed by atoms with van der Waals surface area (Å²) in [5, 5.41) is 21.2. The molecule has 32 heavy (non-hydrogen) atoms. The summed E-state index contributed by atoms with van der Waals surface area (Å²) in [6.07, 6.45) is 1.06. The van der Waals surface area contributed by atoms with E-state index in [0.717, 1.165) is 16.9 Å². The Morgan fingerprint density at radius 2 is 1.88 bits per heavy atom. The molecule has 1 atom stereocenters. The molecule has 1 aromatic heterocycles. The number of benzene rings is 2. The summed E-state index contributed by atoms with van der Waals surface area (Å²) < 4.78 is 30.7. The lowest BCUT2D eigenvalue weighted by atomic mass is 10.1. The first-order valence-corrected chi connectivity index (χ1v) is 10.3. The van der Waals surface area contributed by atoms with Crippen LogP contribution in [0.5, 0.6) is 5.75 Å². The first-order chi connectivity index (χ1) is 15.5. The number of para-hydroxylation sites is 1. The van der Waals surface area contributed by atoms with Crippen LogP contribution in [0.4, 0.5) is 8.78 Å². The molecule has 2 aromatic carbocycles. The molecule has 1 unspecified atom stereocenters. The molecule has 0 saturated heterocycles. The van der Waals surface area contributed by atoms with Crippen molar-refractivity contribution < 1.29 is 18.6 Å². The van der Waals surface area contributed by atoms with E-state index in [1.165, 1.54) is 12.1 Å². The monoisotopic (exact) mass is 443 g/mol. The molecule has 0 saturated carbocycles. The minimum atomic E-state index is -2.88. The molecule has 7 nitrogen and oxygen atoms in total. The van der Waals surface area contributed by atoms with Crippen molar-refractivity contribution in [2.75, 3.05) is 13.1 Å². The number of nitrogens with one attached hydrogen (secondary N) is 2. The van der Waals surface area contributed by atoms with Crippen LogP contribution in [0, 0.1) is 6.92 Å². The van der Waals surface area contributed by atoms with Gasteiger partial charge >= 0.3 is 6.61 Å². The summed E-state index contributed by atoms with van der Waals surface area (Å²) >= 11 is 0. The van der Waals surface area contributed by atoms with Crippen LogP contribution in [0.2, 0.25) is 0 Å². The maximum absolute atomic E-state index is 12.3. The first-order valence-electron chi connectivity index (χ1n) is 10.3. The fourth-order valence-electron chi connectivity index (χ4n) is 3.11. The lowest BCUT2D eigenvalue weighted by Crippen LogP contribution is -2.39. The van der Waals surface area contributed by atoms with Crippen LogP contribution in [0.1, 0.15) is 29.8 Å². The fraction of sp³-hybridized carbons (Fsp3) is 0.304. The molecule has 0 aliphatic carbocycles. The second kappa shape index (κ2) is 11.2. The molecule has 0 amide bonds. The molecule has 3 N–H and O–H groups in total. The highest BCUT2D eigenvalue weighted by atomic mass is 19.3. The summed E-state index contributed by atoms with van der Waals surface area (Å²) in [5.74, 6) is 0.598. The molecule has 0 bridgehead atoms. The third-order valence-electron chi connectivity index (χ3n) is 4.67. The predicted octanol–water partition coefficient (Wildman–Crippen LogP) is 3.57. The molecular formula is C23H27F2N5O2. The number of alkyl halides is 2. The van der Waals surface area contributed by atoms with E-state index in [0.29, 0.717) is 24.6 Å². The number of halogens is 2. The number of aliphatic hydroxyl groups excluding tert-OH is 1. The number of ether oxygens (including phenoxy) is 1. The smallest absolute Gasteiger partial charge is 0.387 e. The summed E-state index contributed by atoms with van der Waals surface area (Å²) in [5.41, 5.74) is 3.46. The van der Waals surface area contributed by atoms with Gasteiger partial charge in [-0.25, -0.2) is 9.67 Å². The van der Waals surface area contributed by atoms with Crippen molar-refractivity contribution in [3.05, 3.63) is 77.6 Å². The lowest BCUT2D eigenvalue weighted by Gasteiger charge is -2.16. The van der Waals surface area contributed by atoms with Crippen molar-refractivity contribution in [1.29, 1.82) is 0 Å². The molecule has 3 rings (SSSR count). The fourth-order valence-corrected chi connectivity index (χ4v) is 3.11. The van der Waals surface area contributed by atoms with Crippen LogP contribution in [0.15, 0.2) is 65.8 Å². The van der Waals surface area contributed by atoms with Crippen LogP contribution in [0.3, 0.4) is 0 Å². The van der Waals surface area contributed by atoms with Crippen molar-refractivity contribution in [2.45, 2.75) is 33.1 Å². The molecule has 0 radical (unpaired) electrons. The Labute approximate surface area is 185 Å². The lowest BCUT2D eigenvalue weighted by molar-refractivity contribution is -0.0498. The topological polar surface area (TPSA) is 83.7 Å². The van der Waals surface area contributed by atoms with Gasteiger partial charge in [-0.2, -0.15) is 13.9 Å². The van der Waals surface area contributed by atoms with Gasteiger partial charge in [0.25, 0.3) is 0 Å². The van der Waals surface area contributed by atoms with E-state index in [2.05, 4.69) is 25.5 Å². The SMILES string of the molecule is CCNC(=NCc1ccccc1-n1ccc(C)n1)NCC(O)c1ccc(OC(F)F)cc1. The van der Waals surface area contributed by atoms with Gasteiger partial charge in [-0.15, -0.1) is 0 Å². The number of rotatable bonds is 9. The highest BCUT2D eigenvalue weighted by Crippen LogP contribution is 2.19. The number of aliphatic hydroxyl groups is 1. The van der Waals surface area contributed by atoms with E-state index in [4.69, 9.17) is 0 Å². The average Bonchev–Trinajstić information content (AvgIpc) is 3.22. The quantitative estimate of drug-likeness (QED) is 0.348. The van der Waals surface area contributed by atoms with Crippen molar-refractivity contribution in [3.63, 3.8) is 0 Å². The molecular weight excluding hydrogens is 416 g/mol. The van der Waals surface area contributed by atoms with Crippen LogP contribution in [0.25, 0.3) is 5.69 Å². The minimum Gasteiger partial charge on any atom is -0.435 e. The van der Waals surface area contributed by atoms with E-state index in [9.17, 15) is 13.9 Å². The summed E-state index contributed by atoms with van der Waals surface area (Å²) in [4.78, 5) is 4.63. The van der Waals surface area contributed by atoms with Crippen molar-refractivity contribution >= 4 is 5.96 Å². The number of hydrogen-bond donors (Lipinski definition) is 3. The van der Waals surface area contributed by atoms with Gasteiger partial charge in [0.1, 0.15) is 5.75 Å². The second-order valence-corrected chi connectivity index (χ2v) is 7.07. The van der Waals surface area contributed by atoms with Crippen LogP contribution >= 0.6 is 0 Å². The van der Waals surface area contributed by atoms with Crippen molar-refractivity contribution in [1.82, 2.24) is 20.4 Å². The molecule has 170 valence electrons. The second-order valence-electron chi connectivity index (χ2n) is 7.07. The van der Waals surface area contributed by atoms with Gasteiger partial charge in [0, 0.05) is 19.3 Å². The predicted molar refractivity (Wildman–Crippen MR) is 119 cm³/mol. The Bertz CT molecular complexity index is 1020. The minimum absolute atomic E-state index is 0.0462. The van der Waals surface area contributed by atoms with Gasteiger partial charge in [0.05, 0.1) is 24.0 Å². The molecule has 0 aliphatic heterocycles. The summed E-state index contributed by atoms with van der Waals surface area (Å²) in [6.45, 7) is 2.28. The maximum atomic E-state index is 12.3. The summed E-state index contributed by atoms with van der Waals surface area (Å²) in [6, 6.07) is 15.7. The van der Waals surface area contributed by atoms with Crippen LogP contribution in [-0.2, 0) is 6.54 Å². The van der Waals surface area contributed by atoms with E-state index >= 15 is 0 Å². The van der Waals surface area contributed by atoms with Crippen LogP contribution < -0.4 is 15.4 Å². The van der Waals surface area contributed by atoms with Crippen molar-refractivity contribution in [2.24, 2.45) is 4.99 Å². The molecule has 0 spiro atoms. The van der Waals surface area contributed by atoms with Gasteiger partial charge < -0.3 is 20.5 Å². The highest BCUT2D eigenvalue weighted by molar-refractivity contribution is 5.79. The normalized spacial score (nSPS) is 12.6. The zero-order valence-corrected chi connectivity index (χ0v) is 18.0. The maximum Gasteiger partial charge on any atom is 0.387 e. The molecule has 9 heteroatoms. The zero-order valence-electron chi connectivity index (χ0n) is 18.0. The molecule has 1 heterocycles. The van der Waals surface area contributed by atoms with E-state index < -0.39 is 12.7 Å². The van der Waals surface area contributed by atoms with E-state index in [1.807, 2.05) is 55.1 Å². The van der Waals surface area contributed by atoms with Gasteiger partial charge in [0.2, 0.25) is 0 Å². The number of aryl methyl sites for hydroxylation is 1. The third kappa shape index (κ3) is 6.52. The summed E-state index contributed by atoms with van der Waals surface area (Å²) in [7, 11) is 0. The van der Waals surface area contributed by atoms with Crippen molar-refractivity contribution in [3.8, 4) is 11.4 Å². The number of guanidine groups is 1. The Morgan fingerprint density at radius 3 is 2.53 bits per heavy atom. The van der Waals surface area contributed by atoms with Gasteiger partial charge in [-0.1, -0.05) is 30.3 Å². The molecule has 0 aliphatic rings. The first kappa shape index (κ1) is 23.2. The highest BCUT2D eigenvalue weighted by Gasteiger charge is 2.11. The van der Waals surface area contributed by atoms with E-state index in [-0.39, 0.29) is 12.3 Å².